The van der Waals surface area contributed by atoms with Crippen molar-refractivity contribution in [3.8, 4) is 11.8 Å². The predicted octanol–water partition coefficient (Wildman–Crippen LogP) is 5.24. The number of hydrogen-bond donors (Lipinski definition) is 1. The number of nitrogens with one attached hydrogen (secondary N) is 1. The minimum atomic E-state index is -4.93. The zero-order valence-corrected chi connectivity index (χ0v) is 24.9. The molecule has 3 atom stereocenters. The lowest BCUT2D eigenvalue weighted by Crippen LogP contribution is -2.36. The monoisotopic (exact) mass is 671 g/mol. The van der Waals surface area contributed by atoms with Gasteiger partial charge in [-0.2, -0.15) is 18.4 Å². The summed E-state index contributed by atoms with van der Waals surface area (Å²) in [5, 5.41) is 11.9. The lowest BCUT2D eigenvalue weighted by molar-refractivity contribution is -0.325. The van der Waals surface area contributed by atoms with E-state index in [1.165, 1.54) is 36.1 Å². The lowest BCUT2D eigenvalue weighted by Gasteiger charge is -2.24. The van der Waals surface area contributed by atoms with Crippen LogP contribution in [0, 0.1) is 11.3 Å². The molecular formula is C29H27F6N5O5S. The molecule has 17 heteroatoms. The van der Waals surface area contributed by atoms with Gasteiger partial charge in [-0.25, -0.2) is 18.4 Å². The fourth-order valence-corrected chi connectivity index (χ4v) is 5.60. The number of carbonyl (C=O) groups is 1. The summed E-state index contributed by atoms with van der Waals surface area (Å²) in [6.45, 7) is 0.660. The van der Waals surface area contributed by atoms with Crippen molar-refractivity contribution in [2.24, 2.45) is 0 Å². The largest absolute Gasteiger partial charge is 0.522 e. The molecule has 1 N–H and O–H groups in total. The molecule has 2 aromatic carbocycles. The number of hydrogen-bond acceptors (Lipinski definition) is 9. The van der Waals surface area contributed by atoms with E-state index in [0.717, 1.165) is 36.7 Å². The summed E-state index contributed by atoms with van der Waals surface area (Å²) in [4.78, 5) is 22.7. The second kappa shape index (κ2) is 13.9. The van der Waals surface area contributed by atoms with Crippen LogP contribution in [0.1, 0.15) is 47.3 Å². The van der Waals surface area contributed by atoms with Gasteiger partial charge in [0.1, 0.15) is 11.9 Å². The molecule has 4 rings (SSSR count). The first-order chi connectivity index (χ1) is 21.6. The number of anilines is 1. The van der Waals surface area contributed by atoms with E-state index >= 15 is 0 Å². The van der Waals surface area contributed by atoms with Crippen molar-refractivity contribution >= 4 is 21.7 Å². The molecule has 0 bridgehead atoms. The highest BCUT2D eigenvalue weighted by molar-refractivity contribution is 7.91. The fourth-order valence-electron chi connectivity index (χ4n) is 4.71. The molecule has 1 aliphatic heterocycles. The number of rotatable bonds is 11. The van der Waals surface area contributed by atoms with E-state index in [1.54, 1.807) is 0 Å². The van der Waals surface area contributed by atoms with Crippen LogP contribution in [0.4, 0.5) is 32.3 Å². The summed E-state index contributed by atoms with van der Waals surface area (Å²) in [7, 11) is -3.45. The quantitative estimate of drug-likeness (QED) is 0.272. The molecule has 10 nitrogen and oxygen atoms in total. The Labute approximate surface area is 259 Å². The first kappa shape index (κ1) is 34.4. The summed E-state index contributed by atoms with van der Waals surface area (Å²) in [5.74, 6) is -0.732. The van der Waals surface area contributed by atoms with Crippen molar-refractivity contribution in [3.63, 3.8) is 0 Å². The first-order valence-corrected chi connectivity index (χ1v) is 15.4. The van der Waals surface area contributed by atoms with Crippen LogP contribution < -0.4 is 15.0 Å². The summed E-state index contributed by atoms with van der Waals surface area (Å²) in [6.07, 6.45) is -8.09. The number of nitriles is 1. The molecule has 1 aliphatic rings. The highest BCUT2D eigenvalue weighted by Gasteiger charge is 2.39. The number of amides is 1. The Hall–Kier alpha value is -4.43. The van der Waals surface area contributed by atoms with Crippen LogP contribution in [0.5, 0.6) is 5.75 Å². The van der Waals surface area contributed by atoms with Gasteiger partial charge in [0, 0.05) is 18.8 Å². The Morgan fingerprint density at radius 1 is 1.07 bits per heavy atom. The van der Waals surface area contributed by atoms with Gasteiger partial charge >= 0.3 is 12.5 Å². The van der Waals surface area contributed by atoms with Crippen molar-refractivity contribution in [3.05, 3.63) is 77.6 Å². The number of halogens is 6. The van der Waals surface area contributed by atoms with E-state index in [4.69, 9.17) is 4.74 Å². The zero-order chi connectivity index (χ0) is 33.7. The van der Waals surface area contributed by atoms with Crippen molar-refractivity contribution in [2.45, 2.75) is 55.4 Å². The maximum Gasteiger partial charge on any atom is 0.522 e. The van der Waals surface area contributed by atoms with E-state index in [9.17, 15) is 44.8 Å². The number of benzene rings is 2. The van der Waals surface area contributed by atoms with Gasteiger partial charge in [-0.3, -0.25) is 9.53 Å². The molecule has 0 aliphatic carbocycles. The molecule has 2 heterocycles. The minimum Gasteiger partial charge on any atom is -0.489 e. The van der Waals surface area contributed by atoms with Gasteiger partial charge in [0.15, 0.2) is 9.84 Å². The Kier molecular flexibility index (Phi) is 10.4. The average Bonchev–Trinajstić information content (AvgIpc) is 3.42. The van der Waals surface area contributed by atoms with E-state index in [0.29, 0.717) is 5.56 Å². The second-order valence-corrected chi connectivity index (χ2v) is 12.5. The van der Waals surface area contributed by atoms with E-state index < -0.39 is 58.6 Å². The summed E-state index contributed by atoms with van der Waals surface area (Å²) >= 11 is 0. The normalized spacial score (nSPS) is 17.7. The number of sulfone groups is 1. The number of nitrogens with zero attached hydrogens (tertiary/aromatic N) is 4. The number of alkyl halides is 6. The van der Waals surface area contributed by atoms with Gasteiger partial charge < -0.3 is 15.0 Å². The van der Waals surface area contributed by atoms with Crippen LogP contribution in [-0.4, -0.2) is 61.7 Å². The molecule has 1 fully saturated rings. The summed E-state index contributed by atoms with van der Waals surface area (Å²) in [5.41, 5.74) is -0.441. The Balaban J connectivity index is 1.47. The van der Waals surface area contributed by atoms with Gasteiger partial charge in [0.05, 0.1) is 59.5 Å². The van der Waals surface area contributed by atoms with Crippen LogP contribution in [-0.2, 0) is 20.8 Å². The first-order valence-electron chi connectivity index (χ1n) is 13.7. The van der Waals surface area contributed by atoms with Crippen LogP contribution >= 0.6 is 0 Å². The average molecular weight is 672 g/mol. The zero-order valence-electron chi connectivity index (χ0n) is 24.0. The fraction of sp³-hybridized carbons (Fsp3) is 0.379. The Bertz CT molecular complexity index is 1640. The van der Waals surface area contributed by atoms with Gasteiger partial charge in [-0.15, -0.1) is 13.2 Å². The van der Waals surface area contributed by atoms with Crippen molar-refractivity contribution in [1.29, 1.82) is 5.26 Å². The van der Waals surface area contributed by atoms with Crippen molar-refractivity contribution in [2.75, 3.05) is 23.8 Å². The standard InChI is InChI=1S/C29H27F6N5O5S/c1-2-46(42,43)24-9-3-18(4-10-24)25(11-12-36)39-26(41)19-14-37-27(38-15-19)40-16-23(13-21(40)17-44-29(33,34)35)45-22-7-5-20(6-8-22)28(30,31)32/h3-10,14-15,21,23,25H,2,11,13,16-17H2,1H3,(H,39,41)/t21-,23-,25-/m0/s1. The second-order valence-electron chi connectivity index (χ2n) is 10.2. The third kappa shape index (κ3) is 8.85. The molecular weight excluding hydrogens is 644 g/mol. The Morgan fingerprint density at radius 2 is 1.70 bits per heavy atom. The van der Waals surface area contributed by atoms with Crippen LogP contribution in [0.25, 0.3) is 0 Å². The maximum absolute atomic E-state index is 13.0. The molecule has 1 saturated heterocycles. The Morgan fingerprint density at radius 3 is 2.24 bits per heavy atom. The van der Waals surface area contributed by atoms with Gasteiger partial charge in [0.2, 0.25) is 5.95 Å². The topological polar surface area (TPSA) is 135 Å². The minimum absolute atomic E-state index is 0.00309. The number of ether oxygens (including phenoxy) is 2. The molecule has 0 radical (unpaired) electrons. The van der Waals surface area contributed by atoms with Crippen LogP contribution in [0.3, 0.4) is 0 Å². The highest BCUT2D eigenvalue weighted by atomic mass is 32.2. The predicted molar refractivity (Wildman–Crippen MR) is 150 cm³/mol. The van der Waals surface area contributed by atoms with Gasteiger partial charge in [0.25, 0.3) is 5.91 Å². The molecule has 0 spiro atoms. The number of aromatic nitrogens is 2. The van der Waals surface area contributed by atoms with Crippen molar-refractivity contribution < 1.29 is 49.0 Å². The molecule has 0 unspecified atom stereocenters. The highest BCUT2D eigenvalue weighted by Crippen LogP contribution is 2.32. The van der Waals surface area contributed by atoms with E-state index in [1.807, 2.05) is 6.07 Å². The summed E-state index contributed by atoms with van der Waals surface area (Å²) < 4.78 is 111. The van der Waals surface area contributed by atoms with E-state index in [-0.39, 0.29) is 47.3 Å². The van der Waals surface area contributed by atoms with Crippen molar-refractivity contribution in [1.82, 2.24) is 15.3 Å². The van der Waals surface area contributed by atoms with Crippen LogP contribution in [0.2, 0.25) is 0 Å². The molecule has 3 aromatic rings. The van der Waals surface area contributed by atoms with Gasteiger partial charge in [-0.05, 0) is 42.0 Å². The lowest BCUT2D eigenvalue weighted by atomic mass is 10.0. The molecule has 46 heavy (non-hydrogen) atoms. The SMILES string of the molecule is CCS(=O)(=O)c1ccc([C@H](CC#N)NC(=O)c2cnc(N3C[C@@H](Oc4ccc(C(F)(F)F)cc4)C[C@H]3COC(F)(F)F)nc2)cc1. The van der Waals surface area contributed by atoms with Crippen LogP contribution in [0.15, 0.2) is 65.8 Å². The smallest absolute Gasteiger partial charge is 0.489 e. The van der Waals surface area contributed by atoms with E-state index in [2.05, 4.69) is 20.0 Å². The number of carbonyl (C=O) groups excluding carboxylic acids is 1. The molecule has 246 valence electrons. The summed E-state index contributed by atoms with van der Waals surface area (Å²) in [6, 6.07) is 9.84. The van der Waals surface area contributed by atoms with Gasteiger partial charge in [-0.1, -0.05) is 19.1 Å². The molecule has 1 amide bonds. The molecule has 0 saturated carbocycles. The molecule has 1 aromatic heterocycles. The third-order valence-corrected chi connectivity index (χ3v) is 8.83. The third-order valence-electron chi connectivity index (χ3n) is 7.08. The maximum atomic E-state index is 13.0.